The Bertz CT molecular complexity index is 811. The van der Waals surface area contributed by atoms with Crippen molar-refractivity contribution in [2.24, 2.45) is 5.92 Å². The number of piperidine rings is 1. The normalized spacial score (nSPS) is 19.3. The van der Waals surface area contributed by atoms with Gasteiger partial charge in [0.05, 0.1) is 12.5 Å². The molecule has 1 aromatic heterocycles. The van der Waals surface area contributed by atoms with E-state index in [0.717, 1.165) is 43.8 Å². The van der Waals surface area contributed by atoms with Crippen molar-refractivity contribution in [3.8, 4) is 5.75 Å². The molecule has 1 N–H and O–H groups in total. The molecule has 0 radical (unpaired) electrons. The molecule has 0 saturated carbocycles. The van der Waals surface area contributed by atoms with Gasteiger partial charge in [-0.2, -0.15) is 0 Å². The first kappa shape index (κ1) is 20.7. The first-order valence-electron chi connectivity index (χ1n) is 10.9. The third-order valence-electron chi connectivity index (χ3n) is 6.62. The Kier molecular flexibility index (Phi) is 6.53. The molecule has 30 heavy (non-hydrogen) atoms. The molecule has 3 heterocycles. The topological polar surface area (TPSA) is 63.7 Å². The Balaban J connectivity index is 1.36. The second-order valence-corrected chi connectivity index (χ2v) is 8.27. The van der Waals surface area contributed by atoms with Gasteiger partial charge in [0.25, 0.3) is 0 Å². The molecule has 0 aliphatic carbocycles. The molecular formula is C24H31N3O3. The minimum absolute atomic E-state index is 0.132. The summed E-state index contributed by atoms with van der Waals surface area (Å²) >= 11 is 0. The summed E-state index contributed by atoms with van der Waals surface area (Å²) in [4.78, 5) is 19.9. The number of carbonyl (C=O) groups excluding carboxylic acids is 1. The van der Waals surface area contributed by atoms with Crippen LogP contribution >= 0.6 is 0 Å². The highest BCUT2D eigenvalue weighted by molar-refractivity contribution is 5.88. The van der Waals surface area contributed by atoms with E-state index in [4.69, 9.17) is 9.47 Å². The second-order valence-electron chi connectivity index (χ2n) is 8.27. The van der Waals surface area contributed by atoms with Gasteiger partial charge < -0.3 is 19.7 Å². The number of nitrogens with zero attached hydrogens (tertiary/aromatic N) is 2. The molecule has 0 unspecified atom stereocenters. The molecule has 2 fully saturated rings. The molecule has 160 valence electrons. The number of hydrogen-bond donors (Lipinski definition) is 1. The maximum Gasteiger partial charge on any atom is 0.230 e. The van der Waals surface area contributed by atoms with Gasteiger partial charge in [-0.3, -0.25) is 9.78 Å². The fraction of sp³-hybridized carbons (Fsp3) is 0.500. The van der Waals surface area contributed by atoms with E-state index in [1.807, 2.05) is 36.7 Å². The number of hydrogen-bond acceptors (Lipinski definition) is 5. The minimum atomic E-state index is -0.512. The zero-order valence-corrected chi connectivity index (χ0v) is 17.7. The van der Waals surface area contributed by atoms with Crippen molar-refractivity contribution in [2.75, 3.05) is 44.9 Å². The van der Waals surface area contributed by atoms with Crippen LogP contribution in [0.15, 0.2) is 48.8 Å². The Labute approximate surface area is 178 Å². The first-order valence-corrected chi connectivity index (χ1v) is 10.9. The molecule has 1 amide bonds. The summed E-state index contributed by atoms with van der Waals surface area (Å²) < 4.78 is 10.9. The average Bonchev–Trinajstić information content (AvgIpc) is 2.84. The van der Waals surface area contributed by atoms with Crippen molar-refractivity contribution in [3.63, 3.8) is 0 Å². The van der Waals surface area contributed by atoms with Gasteiger partial charge in [-0.1, -0.05) is 12.1 Å². The summed E-state index contributed by atoms with van der Waals surface area (Å²) in [5, 5.41) is 3.29. The molecule has 0 bridgehead atoms. The van der Waals surface area contributed by atoms with Crippen molar-refractivity contribution in [3.05, 3.63) is 54.4 Å². The smallest absolute Gasteiger partial charge is 0.230 e. The Morgan fingerprint density at radius 2 is 1.80 bits per heavy atom. The lowest BCUT2D eigenvalue weighted by atomic mass is 9.73. The number of amides is 1. The van der Waals surface area contributed by atoms with E-state index in [9.17, 15) is 4.79 Å². The van der Waals surface area contributed by atoms with Crippen LogP contribution in [0.3, 0.4) is 0 Å². The molecule has 2 aliphatic heterocycles. The maximum atomic E-state index is 13.4. The van der Waals surface area contributed by atoms with Gasteiger partial charge >= 0.3 is 0 Å². The van der Waals surface area contributed by atoms with Crippen LogP contribution in [0.4, 0.5) is 5.69 Å². The van der Waals surface area contributed by atoms with Crippen molar-refractivity contribution >= 4 is 11.6 Å². The van der Waals surface area contributed by atoms with Crippen LogP contribution in [0.5, 0.6) is 5.75 Å². The van der Waals surface area contributed by atoms with Gasteiger partial charge in [-0.05, 0) is 61.4 Å². The highest BCUT2D eigenvalue weighted by Gasteiger charge is 2.41. The molecule has 0 atom stereocenters. The van der Waals surface area contributed by atoms with E-state index < -0.39 is 5.41 Å². The van der Waals surface area contributed by atoms with Crippen molar-refractivity contribution in [1.82, 2.24) is 10.3 Å². The molecule has 6 nitrogen and oxygen atoms in total. The second kappa shape index (κ2) is 9.47. The molecule has 0 spiro atoms. The number of aromatic nitrogens is 1. The number of nitrogens with one attached hydrogen (secondary N) is 1. The fourth-order valence-electron chi connectivity index (χ4n) is 4.63. The molecule has 1 aromatic carbocycles. The lowest BCUT2D eigenvalue weighted by molar-refractivity contribution is -0.130. The zero-order chi connectivity index (χ0) is 20.8. The standard InChI is InChI=1S/C24H31N3O3/c1-29-22-4-2-20(3-5-22)24(10-16-30-17-11-24)23(28)26-18-19-8-14-27(15-9-19)21-6-12-25-13-7-21/h2-7,12-13,19H,8-11,14-18H2,1H3,(H,26,28). The summed E-state index contributed by atoms with van der Waals surface area (Å²) in [6, 6.07) is 12.1. The highest BCUT2D eigenvalue weighted by atomic mass is 16.5. The summed E-state index contributed by atoms with van der Waals surface area (Å²) in [5.41, 5.74) is 1.77. The molecule has 2 aromatic rings. The molecule has 2 aliphatic rings. The molecule has 2 saturated heterocycles. The quantitative estimate of drug-likeness (QED) is 0.794. The summed E-state index contributed by atoms with van der Waals surface area (Å²) in [6.45, 7) is 4.00. The summed E-state index contributed by atoms with van der Waals surface area (Å²) in [5.74, 6) is 1.45. The zero-order valence-electron chi connectivity index (χ0n) is 17.7. The summed E-state index contributed by atoms with van der Waals surface area (Å²) in [7, 11) is 1.66. The Morgan fingerprint density at radius 1 is 1.13 bits per heavy atom. The number of carbonyl (C=O) groups is 1. The Morgan fingerprint density at radius 3 is 2.43 bits per heavy atom. The van der Waals surface area contributed by atoms with Crippen LogP contribution in [0.1, 0.15) is 31.2 Å². The van der Waals surface area contributed by atoms with E-state index in [0.29, 0.717) is 32.0 Å². The van der Waals surface area contributed by atoms with Crippen LogP contribution in [-0.4, -0.2) is 50.8 Å². The van der Waals surface area contributed by atoms with Crippen molar-refractivity contribution in [2.45, 2.75) is 31.1 Å². The van der Waals surface area contributed by atoms with E-state index in [2.05, 4.69) is 27.3 Å². The number of pyridine rings is 1. The lowest BCUT2D eigenvalue weighted by Gasteiger charge is -2.38. The van der Waals surface area contributed by atoms with Gasteiger partial charge in [0, 0.05) is 50.9 Å². The Hall–Kier alpha value is -2.60. The molecule has 4 rings (SSSR count). The predicted molar refractivity (Wildman–Crippen MR) is 117 cm³/mol. The third kappa shape index (κ3) is 4.43. The van der Waals surface area contributed by atoms with E-state index in [1.165, 1.54) is 5.69 Å². The van der Waals surface area contributed by atoms with Crippen LogP contribution in [0.2, 0.25) is 0 Å². The number of rotatable bonds is 6. The average molecular weight is 410 g/mol. The van der Waals surface area contributed by atoms with Gasteiger partial charge in [0.15, 0.2) is 0 Å². The lowest BCUT2D eigenvalue weighted by Crippen LogP contribution is -2.49. The van der Waals surface area contributed by atoms with Gasteiger partial charge in [0.1, 0.15) is 5.75 Å². The fourth-order valence-corrected chi connectivity index (χ4v) is 4.63. The number of ether oxygens (including phenoxy) is 2. The first-order chi connectivity index (χ1) is 14.7. The SMILES string of the molecule is COc1ccc(C2(C(=O)NCC3CCN(c4ccncc4)CC3)CCOCC2)cc1. The largest absolute Gasteiger partial charge is 0.497 e. The predicted octanol–water partition coefficient (Wildman–Crippen LogP) is 3.17. The highest BCUT2D eigenvalue weighted by Crippen LogP contribution is 2.36. The summed E-state index contributed by atoms with van der Waals surface area (Å²) in [6.07, 6.45) is 7.28. The van der Waals surface area contributed by atoms with E-state index >= 15 is 0 Å². The van der Waals surface area contributed by atoms with Crippen LogP contribution < -0.4 is 15.0 Å². The molecule has 6 heteroatoms. The monoisotopic (exact) mass is 409 g/mol. The number of benzene rings is 1. The van der Waals surface area contributed by atoms with Crippen LogP contribution in [0, 0.1) is 5.92 Å². The third-order valence-corrected chi connectivity index (χ3v) is 6.62. The van der Waals surface area contributed by atoms with Crippen molar-refractivity contribution in [1.29, 1.82) is 0 Å². The van der Waals surface area contributed by atoms with Gasteiger partial charge in [-0.15, -0.1) is 0 Å². The van der Waals surface area contributed by atoms with E-state index in [-0.39, 0.29) is 5.91 Å². The van der Waals surface area contributed by atoms with Gasteiger partial charge in [0.2, 0.25) is 5.91 Å². The number of methoxy groups -OCH3 is 1. The van der Waals surface area contributed by atoms with E-state index in [1.54, 1.807) is 7.11 Å². The van der Waals surface area contributed by atoms with Crippen LogP contribution in [-0.2, 0) is 14.9 Å². The van der Waals surface area contributed by atoms with Gasteiger partial charge in [-0.25, -0.2) is 0 Å². The maximum absolute atomic E-state index is 13.4. The minimum Gasteiger partial charge on any atom is -0.497 e. The number of anilines is 1. The van der Waals surface area contributed by atoms with Crippen molar-refractivity contribution < 1.29 is 14.3 Å². The van der Waals surface area contributed by atoms with Crippen LogP contribution in [0.25, 0.3) is 0 Å². The molecular weight excluding hydrogens is 378 g/mol.